The SMILES string of the molecule is CC1=c2c(c(=O)[nH]c(=O)n2C2CC2)=C(C(F)F)C(F)C1N1CC2CC(F)(F)C(N)C2C1. The second-order valence-electron chi connectivity index (χ2n) is 9.24. The zero-order chi connectivity index (χ0) is 22.4. The van der Waals surface area contributed by atoms with E-state index < -0.39 is 70.9 Å². The van der Waals surface area contributed by atoms with E-state index in [1.807, 2.05) is 0 Å². The van der Waals surface area contributed by atoms with Crippen molar-refractivity contribution < 1.29 is 22.0 Å². The van der Waals surface area contributed by atoms with Gasteiger partial charge in [-0.25, -0.2) is 26.7 Å². The molecule has 3 fully saturated rings. The van der Waals surface area contributed by atoms with Crippen LogP contribution in [-0.2, 0) is 0 Å². The van der Waals surface area contributed by atoms with Crippen molar-refractivity contribution >= 4 is 11.1 Å². The smallest absolute Gasteiger partial charge is 0.322 e. The second kappa shape index (κ2) is 6.74. The minimum Gasteiger partial charge on any atom is -0.322 e. The Morgan fingerprint density at radius 1 is 1.19 bits per heavy atom. The Kier molecular flexibility index (Phi) is 4.54. The number of likely N-dealkylation sites (tertiary alicyclic amines) is 1. The van der Waals surface area contributed by atoms with Crippen LogP contribution in [0.4, 0.5) is 22.0 Å². The van der Waals surface area contributed by atoms with Crippen molar-refractivity contribution in [3.63, 3.8) is 0 Å². The number of rotatable bonds is 3. The summed E-state index contributed by atoms with van der Waals surface area (Å²) in [6, 6.07) is -2.79. The lowest BCUT2D eigenvalue weighted by atomic mass is 9.89. The molecule has 11 heteroatoms. The fraction of sp³-hybridized carbons (Fsp3) is 0.700. The van der Waals surface area contributed by atoms with Crippen LogP contribution in [0.15, 0.2) is 9.59 Å². The highest BCUT2D eigenvalue weighted by molar-refractivity contribution is 5.65. The van der Waals surface area contributed by atoms with Gasteiger partial charge < -0.3 is 5.73 Å². The van der Waals surface area contributed by atoms with Gasteiger partial charge in [-0.15, -0.1) is 0 Å². The molecule has 1 aliphatic heterocycles. The number of aromatic nitrogens is 2. The molecule has 1 saturated heterocycles. The predicted molar refractivity (Wildman–Crippen MR) is 102 cm³/mol. The van der Waals surface area contributed by atoms with E-state index in [0.29, 0.717) is 18.4 Å². The Labute approximate surface area is 173 Å². The standard InChI is InChI=1S/C20H23F5N4O2/c1-7-14-12(18(30)27-19(31)29(14)9-2-3-9)11(17(22)23)13(21)15(7)28-5-8-4-20(24,25)16(26)10(8)6-28/h8-10,13,15-17H,2-6,26H2,1H3,(H,27,30,31). The summed E-state index contributed by atoms with van der Waals surface area (Å²) < 4.78 is 72.8. The van der Waals surface area contributed by atoms with E-state index in [1.54, 1.807) is 4.90 Å². The van der Waals surface area contributed by atoms with Crippen LogP contribution in [-0.4, -0.2) is 58.1 Å². The average molecular weight is 446 g/mol. The highest BCUT2D eigenvalue weighted by Gasteiger charge is 2.58. The first-order chi connectivity index (χ1) is 14.5. The summed E-state index contributed by atoms with van der Waals surface area (Å²) in [5.74, 6) is -4.04. The van der Waals surface area contributed by atoms with Gasteiger partial charge in [-0.3, -0.25) is 19.2 Å². The Balaban J connectivity index is 1.68. The Morgan fingerprint density at radius 3 is 2.45 bits per heavy atom. The summed E-state index contributed by atoms with van der Waals surface area (Å²) in [6.07, 6.45) is -4.57. The summed E-state index contributed by atoms with van der Waals surface area (Å²) >= 11 is 0. The molecule has 31 heavy (non-hydrogen) atoms. The van der Waals surface area contributed by atoms with Gasteiger partial charge >= 0.3 is 5.69 Å². The molecule has 0 bridgehead atoms. The van der Waals surface area contributed by atoms with Crippen LogP contribution in [0.25, 0.3) is 11.1 Å². The number of nitrogens with one attached hydrogen (secondary N) is 1. The molecule has 2 saturated carbocycles. The second-order valence-corrected chi connectivity index (χ2v) is 9.24. The van der Waals surface area contributed by atoms with Crippen LogP contribution < -0.4 is 27.6 Å². The molecule has 0 aromatic carbocycles. The zero-order valence-electron chi connectivity index (χ0n) is 16.8. The molecule has 3 N–H and O–H groups in total. The number of H-pyrrole nitrogens is 1. The zero-order valence-corrected chi connectivity index (χ0v) is 16.8. The van der Waals surface area contributed by atoms with Gasteiger partial charge in [0.25, 0.3) is 17.9 Å². The first-order valence-electron chi connectivity index (χ1n) is 10.4. The molecule has 5 unspecified atom stereocenters. The number of aromatic amines is 1. The fourth-order valence-corrected chi connectivity index (χ4v) is 5.82. The Morgan fingerprint density at radius 2 is 1.87 bits per heavy atom. The van der Waals surface area contributed by atoms with Gasteiger partial charge in [0, 0.05) is 31.1 Å². The third-order valence-electron chi connectivity index (χ3n) is 7.37. The third-order valence-corrected chi connectivity index (χ3v) is 7.37. The Hall–Kier alpha value is -2.01. The fourth-order valence-electron chi connectivity index (χ4n) is 5.82. The number of hydrogen-bond donors (Lipinski definition) is 2. The lowest BCUT2D eigenvalue weighted by Crippen LogP contribution is -2.62. The van der Waals surface area contributed by atoms with Gasteiger partial charge in [-0.1, -0.05) is 0 Å². The van der Waals surface area contributed by atoms with Gasteiger partial charge in [0.1, 0.15) is 6.17 Å². The van der Waals surface area contributed by atoms with E-state index in [0.717, 1.165) is 0 Å². The normalized spacial score (nSPS) is 35.0. The van der Waals surface area contributed by atoms with E-state index in [-0.39, 0.29) is 24.5 Å². The molecule has 0 spiro atoms. The lowest BCUT2D eigenvalue weighted by Gasteiger charge is -2.36. The first-order valence-corrected chi connectivity index (χ1v) is 10.4. The molecule has 0 radical (unpaired) electrons. The predicted octanol–water partition coefficient (Wildman–Crippen LogP) is 0.0925. The van der Waals surface area contributed by atoms with Crippen LogP contribution in [0.5, 0.6) is 0 Å². The number of halogens is 5. The van der Waals surface area contributed by atoms with Crippen LogP contribution in [0.1, 0.15) is 32.2 Å². The minimum atomic E-state index is -3.25. The number of nitrogens with zero attached hydrogens (tertiary/aromatic N) is 2. The molecule has 3 aliphatic carbocycles. The molecular weight excluding hydrogens is 423 g/mol. The number of alkyl halides is 5. The number of nitrogens with two attached hydrogens (primary N) is 1. The summed E-state index contributed by atoms with van der Waals surface area (Å²) in [7, 11) is 0. The maximum Gasteiger partial charge on any atom is 0.329 e. The molecule has 5 rings (SSSR count). The van der Waals surface area contributed by atoms with Gasteiger partial charge in [0.15, 0.2) is 0 Å². The van der Waals surface area contributed by atoms with Crippen molar-refractivity contribution in [2.75, 3.05) is 13.1 Å². The molecule has 5 atom stereocenters. The largest absolute Gasteiger partial charge is 0.329 e. The van der Waals surface area contributed by atoms with E-state index in [4.69, 9.17) is 5.73 Å². The molecule has 1 aromatic heterocycles. The van der Waals surface area contributed by atoms with Crippen LogP contribution >= 0.6 is 0 Å². The van der Waals surface area contributed by atoms with Crippen molar-refractivity contribution in [1.29, 1.82) is 0 Å². The van der Waals surface area contributed by atoms with Crippen molar-refractivity contribution in [1.82, 2.24) is 14.5 Å². The molecular formula is C20H23F5N4O2. The molecule has 0 amide bonds. The van der Waals surface area contributed by atoms with Gasteiger partial charge in [-0.2, -0.15) is 0 Å². The monoisotopic (exact) mass is 446 g/mol. The molecule has 170 valence electrons. The molecule has 4 aliphatic rings. The third kappa shape index (κ3) is 2.95. The minimum absolute atomic E-state index is 0.0390. The summed E-state index contributed by atoms with van der Waals surface area (Å²) in [6.45, 7) is 1.67. The van der Waals surface area contributed by atoms with E-state index in [2.05, 4.69) is 4.98 Å². The molecule has 2 heterocycles. The maximum absolute atomic E-state index is 15.6. The highest BCUT2D eigenvalue weighted by atomic mass is 19.3. The Bertz CT molecular complexity index is 1170. The summed E-state index contributed by atoms with van der Waals surface area (Å²) in [5.41, 5.74) is 3.32. The van der Waals surface area contributed by atoms with E-state index in [1.165, 1.54) is 11.5 Å². The van der Waals surface area contributed by atoms with Gasteiger partial charge in [-0.05, 0) is 37.2 Å². The molecule has 1 aromatic rings. The van der Waals surface area contributed by atoms with Crippen molar-refractivity contribution in [3.8, 4) is 0 Å². The van der Waals surface area contributed by atoms with Crippen molar-refractivity contribution in [2.24, 2.45) is 17.6 Å². The average Bonchev–Trinajstić information content (AvgIpc) is 3.38. The number of hydrogen-bond acceptors (Lipinski definition) is 4. The van der Waals surface area contributed by atoms with Gasteiger partial charge in [0.05, 0.1) is 22.7 Å². The number of fused-ring (bicyclic) bond motifs is 2. The summed E-state index contributed by atoms with van der Waals surface area (Å²) in [5, 5.41) is -0.442. The van der Waals surface area contributed by atoms with Crippen LogP contribution in [0, 0.1) is 11.8 Å². The maximum atomic E-state index is 15.6. The first kappa shape index (κ1) is 20.9. The van der Waals surface area contributed by atoms with Gasteiger partial charge in [0.2, 0.25) is 0 Å². The van der Waals surface area contributed by atoms with Crippen LogP contribution in [0.2, 0.25) is 0 Å². The van der Waals surface area contributed by atoms with Crippen molar-refractivity contribution in [3.05, 3.63) is 31.4 Å². The van der Waals surface area contributed by atoms with E-state index in [9.17, 15) is 27.2 Å². The lowest BCUT2D eigenvalue weighted by molar-refractivity contribution is -0.0202. The van der Waals surface area contributed by atoms with Crippen molar-refractivity contribution in [2.45, 2.75) is 62.8 Å². The summed E-state index contributed by atoms with van der Waals surface area (Å²) in [4.78, 5) is 28.6. The van der Waals surface area contributed by atoms with E-state index >= 15 is 4.39 Å². The molecule has 6 nitrogen and oxygen atoms in total. The topological polar surface area (TPSA) is 84.1 Å². The van der Waals surface area contributed by atoms with Crippen LogP contribution in [0.3, 0.4) is 0 Å². The quantitative estimate of drug-likeness (QED) is 0.645. The highest BCUT2D eigenvalue weighted by Crippen LogP contribution is 2.47.